The van der Waals surface area contributed by atoms with E-state index in [2.05, 4.69) is 12.2 Å². The highest BCUT2D eigenvalue weighted by atomic mass is 16.3. The van der Waals surface area contributed by atoms with Gasteiger partial charge in [0.1, 0.15) is 11.5 Å². The van der Waals surface area contributed by atoms with Crippen LogP contribution < -0.4 is 5.32 Å². The van der Waals surface area contributed by atoms with Crippen molar-refractivity contribution in [1.29, 1.82) is 0 Å². The number of phenolic OH excluding ortho intramolecular Hbond substituents is 2. The summed E-state index contributed by atoms with van der Waals surface area (Å²) in [5.41, 5.74) is 0.602. The van der Waals surface area contributed by atoms with Gasteiger partial charge in [-0.25, -0.2) is 0 Å². The fraction of sp³-hybridized carbons (Fsp3) is 0.625. The predicted molar refractivity (Wildman–Crippen MR) is 77.4 cm³/mol. The van der Waals surface area contributed by atoms with Gasteiger partial charge in [0.15, 0.2) is 0 Å². The van der Waals surface area contributed by atoms with Gasteiger partial charge < -0.3 is 15.5 Å². The third-order valence-electron chi connectivity index (χ3n) is 4.36. The fourth-order valence-electron chi connectivity index (χ4n) is 3.23. The molecule has 1 fully saturated rings. The largest absolute Gasteiger partial charge is 0.507 e. The number of nitrogens with one attached hydrogen (secondary N) is 1. The number of phenols is 2. The molecule has 3 heteroatoms. The van der Waals surface area contributed by atoms with Crippen molar-refractivity contribution >= 4 is 0 Å². The molecule has 0 bridgehead atoms. The first-order valence-electron chi connectivity index (χ1n) is 7.36. The maximum atomic E-state index is 9.88. The van der Waals surface area contributed by atoms with E-state index in [1.165, 1.54) is 32.1 Å². The van der Waals surface area contributed by atoms with Crippen molar-refractivity contribution in [3.8, 4) is 11.5 Å². The van der Waals surface area contributed by atoms with Crippen molar-refractivity contribution in [3.05, 3.63) is 23.8 Å². The summed E-state index contributed by atoms with van der Waals surface area (Å²) in [6.07, 6.45) is 6.58. The second-order valence-electron chi connectivity index (χ2n) is 5.79. The third-order valence-corrected chi connectivity index (χ3v) is 4.36. The van der Waals surface area contributed by atoms with Crippen LogP contribution in [0.15, 0.2) is 18.2 Å². The van der Waals surface area contributed by atoms with Crippen molar-refractivity contribution in [2.75, 3.05) is 0 Å². The van der Waals surface area contributed by atoms with Crippen molar-refractivity contribution in [2.45, 2.75) is 58.0 Å². The molecule has 0 saturated heterocycles. The van der Waals surface area contributed by atoms with Gasteiger partial charge in [-0.1, -0.05) is 25.3 Å². The van der Waals surface area contributed by atoms with Gasteiger partial charge in [-0.15, -0.1) is 0 Å². The summed E-state index contributed by atoms with van der Waals surface area (Å²) in [7, 11) is 0. The van der Waals surface area contributed by atoms with Gasteiger partial charge in [0.25, 0.3) is 0 Å². The zero-order valence-corrected chi connectivity index (χ0v) is 11.9. The standard InChI is InChI=1S/C16H25NO2/c1-11(13-7-4-3-5-8-13)17-12(2)16-14(18)9-6-10-15(16)19/h6,9-13,17-19H,3-5,7-8H2,1-2H3/t11-,12?/m0/s1. The zero-order valence-electron chi connectivity index (χ0n) is 11.9. The smallest absolute Gasteiger partial charge is 0.124 e. The lowest BCUT2D eigenvalue weighted by Gasteiger charge is -2.31. The van der Waals surface area contributed by atoms with E-state index in [0.29, 0.717) is 17.5 Å². The van der Waals surface area contributed by atoms with E-state index in [4.69, 9.17) is 0 Å². The lowest BCUT2D eigenvalue weighted by molar-refractivity contribution is 0.265. The van der Waals surface area contributed by atoms with Crippen LogP contribution in [0, 0.1) is 5.92 Å². The SMILES string of the molecule is CC(N[C@@H](C)C1CCCCC1)c1c(O)cccc1O. The van der Waals surface area contributed by atoms with Crippen molar-refractivity contribution in [1.82, 2.24) is 5.32 Å². The first-order chi connectivity index (χ1) is 9.09. The Hall–Kier alpha value is -1.22. The van der Waals surface area contributed by atoms with Crippen molar-refractivity contribution < 1.29 is 10.2 Å². The third kappa shape index (κ3) is 3.41. The summed E-state index contributed by atoms with van der Waals surface area (Å²) >= 11 is 0. The fourth-order valence-corrected chi connectivity index (χ4v) is 3.23. The maximum absolute atomic E-state index is 9.88. The first-order valence-corrected chi connectivity index (χ1v) is 7.36. The number of hydrogen-bond donors (Lipinski definition) is 3. The molecule has 1 aliphatic rings. The minimum absolute atomic E-state index is 0.0434. The molecule has 0 radical (unpaired) electrons. The predicted octanol–water partition coefficient (Wildman–Crippen LogP) is 3.72. The molecule has 106 valence electrons. The highest BCUT2D eigenvalue weighted by Gasteiger charge is 2.23. The molecule has 1 aromatic rings. The Morgan fingerprint density at radius 2 is 1.63 bits per heavy atom. The first kappa shape index (κ1) is 14.2. The van der Waals surface area contributed by atoms with E-state index in [0.717, 1.165) is 0 Å². The monoisotopic (exact) mass is 263 g/mol. The normalized spacial score (nSPS) is 20.1. The Balaban J connectivity index is 2.01. The topological polar surface area (TPSA) is 52.5 Å². The average molecular weight is 263 g/mol. The van der Waals surface area contributed by atoms with E-state index >= 15 is 0 Å². The highest BCUT2D eigenvalue weighted by Crippen LogP contribution is 2.34. The number of benzene rings is 1. The second kappa shape index (κ2) is 6.29. The summed E-state index contributed by atoms with van der Waals surface area (Å²) in [5.74, 6) is 1.04. The lowest BCUT2D eigenvalue weighted by atomic mass is 9.84. The summed E-state index contributed by atoms with van der Waals surface area (Å²) in [5, 5.41) is 23.3. The summed E-state index contributed by atoms with van der Waals surface area (Å²) in [6.45, 7) is 4.21. The van der Waals surface area contributed by atoms with Gasteiger partial charge in [-0.05, 0) is 44.7 Å². The molecule has 1 saturated carbocycles. The quantitative estimate of drug-likeness (QED) is 0.776. The van der Waals surface area contributed by atoms with Crippen molar-refractivity contribution in [2.24, 2.45) is 5.92 Å². The van der Waals surface area contributed by atoms with Crippen LogP contribution in [0.4, 0.5) is 0 Å². The Bertz CT molecular complexity index is 393. The molecule has 0 aromatic heterocycles. The Labute approximate surface area is 115 Å². The molecule has 0 aliphatic heterocycles. The molecule has 1 unspecified atom stereocenters. The van der Waals surface area contributed by atoms with Gasteiger partial charge in [0, 0.05) is 12.1 Å². The molecule has 19 heavy (non-hydrogen) atoms. The maximum Gasteiger partial charge on any atom is 0.124 e. The van der Waals surface area contributed by atoms with Crippen LogP contribution in [0.3, 0.4) is 0 Å². The van der Waals surface area contributed by atoms with Gasteiger partial charge in [0.2, 0.25) is 0 Å². The summed E-state index contributed by atoms with van der Waals surface area (Å²) < 4.78 is 0. The summed E-state index contributed by atoms with van der Waals surface area (Å²) in [4.78, 5) is 0. The summed E-state index contributed by atoms with van der Waals surface area (Å²) in [6, 6.07) is 5.27. The van der Waals surface area contributed by atoms with Crippen LogP contribution in [0.25, 0.3) is 0 Å². The number of rotatable bonds is 4. The minimum Gasteiger partial charge on any atom is -0.507 e. The van der Waals surface area contributed by atoms with E-state index in [9.17, 15) is 10.2 Å². The van der Waals surface area contributed by atoms with Gasteiger partial charge in [0.05, 0.1) is 5.56 Å². The molecule has 1 aromatic carbocycles. The Morgan fingerprint density at radius 3 is 2.21 bits per heavy atom. The molecule has 0 heterocycles. The van der Waals surface area contributed by atoms with E-state index in [1.54, 1.807) is 18.2 Å². The van der Waals surface area contributed by atoms with Crippen LogP contribution in [-0.4, -0.2) is 16.3 Å². The molecular weight excluding hydrogens is 238 g/mol. The number of hydrogen-bond acceptors (Lipinski definition) is 3. The second-order valence-corrected chi connectivity index (χ2v) is 5.79. The van der Waals surface area contributed by atoms with Crippen LogP contribution in [-0.2, 0) is 0 Å². The molecule has 3 nitrogen and oxygen atoms in total. The van der Waals surface area contributed by atoms with Crippen LogP contribution in [0.2, 0.25) is 0 Å². The molecular formula is C16H25NO2. The van der Waals surface area contributed by atoms with Crippen molar-refractivity contribution in [3.63, 3.8) is 0 Å². The average Bonchev–Trinajstić information content (AvgIpc) is 2.39. The van der Waals surface area contributed by atoms with E-state index in [1.807, 2.05) is 6.92 Å². The Kier molecular flexibility index (Phi) is 4.70. The zero-order chi connectivity index (χ0) is 13.8. The molecule has 1 aliphatic carbocycles. The Morgan fingerprint density at radius 1 is 1.05 bits per heavy atom. The molecule has 3 N–H and O–H groups in total. The highest BCUT2D eigenvalue weighted by molar-refractivity contribution is 5.44. The van der Waals surface area contributed by atoms with E-state index in [-0.39, 0.29) is 17.5 Å². The van der Waals surface area contributed by atoms with Crippen LogP contribution in [0.1, 0.15) is 57.6 Å². The molecule has 0 amide bonds. The van der Waals surface area contributed by atoms with Crippen LogP contribution >= 0.6 is 0 Å². The van der Waals surface area contributed by atoms with Gasteiger partial charge in [-0.2, -0.15) is 0 Å². The molecule has 2 rings (SSSR count). The number of aromatic hydroxyl groups is 2. The minimum atomic E-state index is -0.0434. The van der Waals surface area contributed by atoms with Crippen LogP contribution in [0.5, 0.6) is 11.5 Å². The molecule has 0 spiro atoms. The molecule has 2 atom stereocenters. The lowest BCUT2D eigenvalue weighted by Crippen LogP contribution is -2.36. The van der Waals surface area contributed by atoms with Gasteiger partial charge >= 0.3 is 0 Å². The van der Waals surface area contributed by atoms with E-state index < -0.39 is 0 Å². The van der Waals surface area contributed by atoms with Gasteiger partial charge in [-0.3, -0.25) is 0 Å².